The third-order valence-electron chi connectivity index (χ3n) is 3.75. The second kappa shape index (κ2) is 5.61. The van der Waals surface area contributed by atoms with Crippen molar-refractivity contribution in [3.8, 4) is 5.75 Å². The second-order valence-corrected chi connectivity index (χ2v) is 5.35. The third-order valence-corrected chi connectivity index (χ3v) is 3.75. The van der Waals surface area contributed by atoms with Crippen molar-refractivity contribution in [1.82, 2.24) is 5.32 Å². The molecule has 19 heavy (non-hydrogen) atoms. The molecule has 2 N–H and O–H groups in total. The normalized spacial score (nSPS) is 22.7. The van der Waals surface area contributed by atoms with Gasteiger partial charge in [0, 0.05) is 18.2 Å². The molecule has 4 nitrogen and oxygen atoms in total. The molecule has 0 aliphatic carbocycles. The van der Waals surface area contributed by atoms with Gasteiger partial charge in [-0.15, -0.1) is 0 Å². The van der Waals surface area contributed by atoms with Gasteiger partial charge >= 0.3 is 5.97 Å². The number of carboxylic acids is 1. The van der Waals surface area contributed by atoms with Crippen LogP contribution in [0.1, 0.15) is 43.4 Å². The van der Waals surface area contributed by atoms with Crippen LogP contribution in [0.3, 0.4) is 0 Å². The molecule has 0 spiro atoms. The zero-order valence-corrected chi connectivity index (χ0v) is 11.6. The van der Waals surface area contributed by atoms with Crippen molar-refractivity contribution in [2.75, 3.05) is 13.7 Å². The maximum absolute atomic E-state index is 11.1. The highest BCUT2D eigenvalue weighted by Gasteiger charge is 2.32. The number of aliphatic carboxylic acids is 1. The number of rotatable bonds is 4. The summed E-state index contributed by atoms with van der Waals surface area (Å²) in [6.45, 7) is 4.80. The van der Waals surface area contributed by atoms with E-state index in [1.165, 1.54) is 5.56 Å². The van der Waals surface area contributed by atoms with E-state index in [9.17, 15) is 4.79 Å². The van der Waals surface area contributed by atoms with Gasteiger partial charge in [0.15, 0.2) is 0 Å². The molecule has 1 aromatic carbocycles. The Labute approximate surface area is 113 Å². The molecule has 2 unspecified atom stereocenters. The van der Waals surface area contributed by atoms with Crippen molar-refractivity contribution < 1.29 is 14.6 Å². The van der Waals surface area contributed by atoms with Crippen LogP contribution in [0.15, 0.2) is 18.2 Å². The largest absolute Gasteiger partial charge is 0.496 e. The van der Waals surface area contributed by atoms with Gasteiger partial charge in [-0.05, 0) is 24.0 Å². The van der Waals surface area contributed by atoms with E-state index in [0.29, 0.717) is 18.9 Å². The minimum atomic E-state index is -0.719. The van der Waals surface area contributed by atoms with E-state index in [4.69, 9.17) is 9.84 Å². The fourth-order valence-corrected chi connectivity index (χ4v) is 2.82. The summed E-state index contributed by atoms with van der Waals surface area (Å²) < 4.78 is 5.44. The molecule has 0 radical (unpaired) electrons. The molecule has 1 aromatic rings. The highest BCUT2D eigenvalue weighted by atomic mass is 16.5. The van der Waals surface area contributed by atoms with E-state index in [1.54, 1.807) is 7.11 Å². The van der Waals surface area contributed by atoms with E-state index >= 15 is 0 Å². The number of hydrogen-bond acceptors (Lipinski definition) is 3. The summed E-state index contributed by atoms with van der Waals surface area (Å²) in [7, 11) is 1.67. The molecule has 1 fully saturated rings. The van der Waals surface area contributed by atoms with Crippen molar-refractivity contribution in [3.63, 3.8) is 0 Å². The highest BCUT2D eigenvalue weighted by molar-refractivity contribution is 5.71. The lowest BCUT2D eigenvalue weighted by Crippen LogP contribution is -2.18. The number of carboxylic acid groups (broad SMARTS) is 1. The average molecular weight is 263 g/mol. The van der Waals surface area contributed by atoms with E-state index < -0.39 is 5.97 Å². The lowest BCUT2D eigenvalue weighted by molar-refractivity contribution is -0.141. The number of benzene rings is 1. The molecule has 0 saturated carbocycles. The van der Waals surface area contributed by atoms with Crippen molar-refractivity contribution in [3.05, 3.63) is 29.3 Å². The lowest BCUT2D eigenvalue weighted by Gasteiger charge is -2.21. The first-order valence-electron chi connectivity index (χ1n) is 6.67. The summed E-state index contributed by atoms with van der Waals surface area (Å²) in [6, 6.07) is 6.10. The number of carbonyl (C=O) groups is 1. The fourth-order valence-electron chi connectivity index (χ4n) is 2.82. The molecule has 4 heteroatoms. The van der Waals surface area contributed by atoms with Gasteiger partial charge in [0.05, 0.1) is 13.0 Å². The summed E-state index contributed by atoms with van der Waals surface area (Å²) in [6.07, 6.45) is 0.641. The maximum atomic E-state index is 11.1. The van der Waals surface area contributed by atoms with Gasteiger partial charge in [-0.3, -0.25) is 4.79 Å². The maximum Gasteiger partial charge on any atom is 0.307 e. The fraction of sp³-hybridized carbons (Fsp3) is 0.533. The number of methoxy groups -OCH3 is 1. The van der Waals surface area contributed by atoms with Crippen molar-refractivity contribution >= 4 is 5.97 Å². The second-order valence-electron chi connectivity index (χ2n) is 5.35. The van der Waals surface area contributed by atoms with Gasteiger partial charge in [-0.2, -0.15) is 0 Å². The molecule has 104 valence electrons. The van der Waals surface area contributed by atoms with E-state index in [1.807, 2.05) is 12.1 Å². The smallest absolute Gasteiger partial charge is 0.307 e. The van der Waals surface area contributed by atoms with Crippen LogP contribution in [-0.2, 0) is 4.79 Å². The Morgan fingerprint density at radius 1 is 1.47 bits per heavy atom. The summed E-state index contributed by atoms with van der Waals surface area (Å²) in [5, 5.41) is 12.4. The third kappa shape index (κ3) is 2.73. The topological polar surface area (TPSA) is 58.6 Å². The monoisotopic (exact) mass is 263 g/mol. The summed E-state index contributed by atoms with van der Waals surface area (Å²) >= 11 is 0. The van der Waals surface area contributed by atoms with Crippen molar-refractivity contribution in [2.45, 2.75) is 32.2 Å². The number of nitrogens with one attached hydrogen (secondary N) is 1. The van der Waals surface area contributed by atoms with Crippen LogP contribution in [-0.4, -0.2) is 24.7 Å². The SMILES string of the molecule is COc1cccc(C2CC(C(=O)O)CN2)c1C(C)C. The zero-order valence-electron chi connectivity index (χ0n) is 11.6. The molecular weight excluding hydrogens is 242 g/mol. The lowest BCUT2D eigenvalue weighted by atomic mass is 9.90. The van der Waals surface area contributed by atoms with Crippen molar-refractivity contribution in [2.24, 2.45) is 5.92 Å². The van der Waals surface area contributed by atoms with Gasteiger partial charge in [0.2, 0.25) is 0 Å². The van der Waals surface area contributed by atoms with Crippen LogP contribution in [0.5, 0.6) is 5.75 Å². The van der Waals surface area contributed by atoms with Crippen LogP contribution in [0.25, 0.3) is 0 Å². The summed E-state index contributed by atoms with van der Waals surface area (Å²) in [5.41, 5.74) is 2.34. The Morgan fingerprint density at radius 3 is 2.74 bits per heavy atom. The summed E-state index contributed by atoms with van der Waals surface area (Å²) in [5.74, 6) is 0.213. The molecule has 0 bridgehead atoms. The highest BCUT2D eigenvalue weighted by Crippen LogP contribution is 2.37. The molecule has 2 rings (SSSR count). The van der Waals surface area contributed by atoms with Gasteiger partial charge in [0.25, 0.3) is 0 Å². The molecular formula is C15H21NO3. The minimum Gasteiger partial charge on any atom is -0.496 e. The molecule has 1 saturated heterocycles. The molecule has 0 aromatic heterocycles. The Bertz CT molecular complexity index is 470. The Morgan fingerprint density at radius 2 is 2.21 bits per heavy atom. The molecule has 1 aliphatic rings. The first kappa shape index (κ1) is 13.9. The first-order valence-corrected chi connectivity index (χ1v) is 6.67. The standard InChI is InChI=1S/C15H21NO3/c1-9(2)14-11(5-4-6-13(14)19-3)12-7-10(8-16-12)15(17)18/h4-6,9-10,12,16H,7-8H2,1-3H3,(H,17,18). The first-order chi connectivity index (χ1) is 9.04. The number of hydrogen-bond donors (Lipinski definition) is 2. The van der Waals surface area contributed by atoms with Crippen LogP contribution < -0.4 is 10.1 Å². The Kier molecular flexibility index (Phi) is 4.10. The predicted molar refractivity (Wildman–Crippen MR) is 73.6 cm³/mol. The van der Waals surface area contributed by atoms with Gasteiger partial charge < -0.3 is 15.2 Å². The molecule has 1 aliphatic heterocycles. The predicted octanol–water partition coefficient (Wildman–Crippen LogP) is 2.55. The molecule has 1 heterocycles. The number of ether oxygens (including phenoxy) is 1. The quantitative estimate of drug-likeness (QED) is 0.876. The minimum absolute atomic E-state index is 0.105. The molecule has 0 amide bonds. The van der Waals surface area contributed by atoms with Gasteiger partial charge in [-0.25, -0.2) is 0 Å². The van der Waals surface area contributed by atoms with E-state index in [2.05, 4.69) is 25.2 Å². The van der Waals surface area contributed by atoms with Crippen LogP contribution in [0.2, 0.25) is 0 Å². The van der Waals surface area contributed by atoms with E-state index in [-0.39, 0.29) is 12.0 Å². The molecule has 2 atom stereocenters. The zero-order chi connectivity index (χ0) is 14.0. The Balaban J connectivity index is 2.33. The van der Waals surface area contributed by atoms with Crippen LogP contribution >= 0.6 is 0 Å². The van der Waals surface area contributed by atoms with E-state index in [0.717, 1.165) is 11.3 Å². The summed E-state index contributed by atoms with van der Waals surface area (Å²) in [4.78, 5) is 11.1. The van der Waals surface area contributed by atoms with Gasteiger partial charge in [-0.1, -0.05) is 26.0 Å². The average Bonchev–Trinajstić information content (AvgIpc) is 2.87. The van der Waals surface area contributed by atoms with Crippen LogP contribution in [0.4, 0.5) is 0 Å². The Hall–Kier alpha value is -1.55. The van der Waals surface area contributed by atoms with Gasteiger partial charge in [0.1, 0.15) is 5.75 Å². The van der Waals surface area contributed by atoms with Crippen LogP contribution in [0, 0.1) is 5.92 Å². The van der Waals surface area contributed by atoms with Crippen molar-refractivity contribution in [1.29, 1.82) is 0 Å².